The number of hydrogen-bond donors (Lipinski definition) is 2. The third-order valence-electron chi connectivity index (χ3n) is 6.50. The maximum absolute atomic E-state index is 4.75. The number of nitrogens with zero attached hydrogens (tertiary/aromatic N) is 4. The van der Waals surface area contributed by atoms with E-state index in [0.29, 0.717) is 0 Å². The number of H-pyrrole nitrogens is 1. The van der Waals surface area contributed by atoms with Gasteiger partial charge in [0.05, 0.1) is 16.4 Å². The van der Waals surface area contributed by atoms with E-state index in [1.165, 1.54) is 31.4 Å². The van der Waals surface area contributed by atoms with Gasteiger partial charge in [0, 0.05) is 36.6 Å². The second-order valence-electron chi connectivity index (χ2n) is 8.55. The number of pyridine rings is 1. The van der Waals surface area contributed by atoms with Crippen LogP contribution in [0.2, 0.25) is 0 Å². The zero-order chi connectivity index (χ0) is 20.1. The Labute approximate surface area is 179 Å². The molecule has 0 spiro atoms. The molecule has 2 bridgehead atoms. The molecule has 6 nitrogen and oxygen atoms in total. The quantitative estimate of drug-likeness (QED) is 0.473. The van der Waals surface area contributed by atoms with E-state index in [0.717, 1.165) is 56.5 Å². The second kappa shape index (κ2) is 7.18. The molecule has 2 aliphatic rings. The lowest BCUT2D eigenvalue weighted by Gasteiger charge is -2.26. The van der Waals surface area contributed by atoms with Crippen LogP contribution in [0, 0.1) is 12.8 Å². The summed E-state index contributed by atoms with van der Waals surface area (Å²) in [6.07, 6.45) is 7.95. The molecule has 152 valence electrons. The van der Waals surface area contributed by atoms with Crippen LogP contribution >= 0.6 is 11.3 Å². The largest absolute Gasteiger partial charge is 0.316 e. The summed E-state index contributed by atoms with van der Waals surface area (Å²) in [5.74, 6) is 1.79. The summed E-state index contributed by atoms with van der Waals surface area (Å²) in [5.41, 5.74) is 5.67. The molecule has 6 rings (SSSR count). The number of aromatic amines is 1. The normalized spacial score (nSPS) is 21.0. The summed E-state index contributed by atoms with van der Waals surface area (Å²) in [5, 5.41) is 11.4. The highest BCUT2D eigenvalue weighted by molar-refractivity contribution is 7.22. The summed E-state index contributed by atoms with van der Waals surface area (Å²) < 4.78 is 1.15. The second-order valence-corrected chi connectivity index (χ2v) is 9.58. The number of aromatic nitrogens is 4. The van der Waals surface area contributed by atoms with Crippen molar-refractivity contribution in [1.29, 1.82) is 0 Å². The minimum Gasteiger partial charge on any atom is -0.316 e. The van der Waals surface area contributed by atoms with Crippen molar-refractivity contribution in [3.05, 3.63) is 54.0 Å². The van der Waals surface area contributed by atoms with Gasteiger partial charge in [-0.05, 0) is 67.5 Å². The fourth-order valence-electron chi connectivity index (χ4n) is 4.99. The van der Waals surface area contributed by atoms with Crippen molar-refractivity contribution in [3.63, 3.8) is 0 Å². The third-order valence-corrected chi connectivity index (χ3v) is 7.43. The highest BCUT2D eigenvalue weighted by atomic mass is 32.1. The molecule has 2 atom stereocenters. The zero-order valence-corrected chi connectivity index (χ0v) is 17.7. The van der Waals surface area contributed by atoms with Gasteiger partial charge in [-0.25, -0.2) is 9.97 Å². The van der Waals surface area contributed by atoms with Gasteiger partial charge in [0.2, 0.25) is 0 Å². The van der Waals surface area contributed by atoms with E-state index in [1.807, 2.05) is 19.3 Å². The molecule has 1 saturated heterocycles. The topological polar surface area (TPSA) is 69.7 Å². The Bertz CT molecular complexity index is 1210. The Morgan fingerprint density at radius 3 is 3.00 bits per heavy atom. The smallest absolute Gasteiger partial charge is 0.189 e. The summed E-state index contributed by atoms with van der Waals surface area (Å²) >= 11 is 1.65. The number of likely N-dealkylation sites (tertiary alicyclic amines) is 1. The maximum atomic E-state index is 4.75. The Morgan fingerprint density at radius 2 is 2.20 bits per heavy atom. The molecule has 4 aromatic rings. The number of anilines is 2. The van der Waals surface area contributed by atoms with Crippen LogP contribution in [0.25, 0.3) is 21.3 Å². The molecule has 2 N–H and O–H groups in total. The van der Waals surface area contributed by atoms with Gasteiger partial charge in [-0.1, -0.05) is 17.4 Å². The minimum atomic E-state index is 0.789. The fourth-order valence-corrected chi connectivity index (χ4v) is 5.90. The summed E-state index contributed by atoms with van der Waals surface area (Å²) in [6.45, 7) is 4.32. The lowest BCUT2D eigenvalue weighted by molar-refractivity contribution is 0.205. The first-order chi connectivity index (χ1) is 14.7. The van der Waals surface area contributed by atoms with E-state index >= 15 is 0 Å². The molecule has 7 heteroatoms. The first-order valence-electron chi connectivity index (χ1n) is 10.6. The van der Waals surface area contributed by atoms with Gasteiger partial charge >= 0.3 is 0 Å². The number of piperidine rings is 1. The molecule has 1 aromatic carbocycles. The van der Waals surface area contributed by atoms with Crippen LogP contribution in [0.5, 0.6) is 0 Å². The Hall–Kier alpha value is -2.77. The standard InChI is InChI=1S/C23H24N6S/c1-14-19(11-25-28-14)17-3-5-20-21(10-17)30-23(26-20)27-22-9-16(6-7-24-22)13-29-12-15-2-4-18(29)8-15/h3,5-7,9-11,15,18H,2,4,8,12-13H2,1H3,(H,25,28)(H,24,26,27)/t15-,18-/m1/s1. The first-order valence-corrected chi connectivity index (χ1v) is 11.4. The van der Waals surface area contributed by atoms with Crippen molar-refractivity contribution in [2.24, 2.45) is 5.92 Å². The average molecular weight is 417 g/mol. The average Bonchev–Trinajstić information content (AvgIpc) is 3.51. The molecule has 1 aliphatic carbocycles. The van der Waals surface area contributed by atoms with Gasteiger partial charge in [0.1, 0.15) is 5.82 Å². The Morgan fingerprint density at radius 1 is 1.23 bits per heavy atom. The number of fused-ring (bicyclic) bond motifs is 3. The predicted molar refractivity (Wildman–Crippen MR) is 121 cm³/mol. The molecule has 0 unspecified atom stereocenters. The monoisotopic (exact) mass is 416 g/mol. The SMILES string of the molecule is Cc1[nH]ncc1-c1ccc2nc(Nc3cc(CN4C[C@@H]5CC[C@@H]4C5)ccn3)sc2c1. The fraction of sp³-hybridized carbons (Fsp3) is 0.348. The van der Waals surface area contributed by atoms with Crippen molar-refractivity contribution in [3.8, 4) is 11.1 Å². The molecule has 0 amide bonds. The van der Waals surface area contributed by atoms with E-state index in [4.69, 9.17) is 4.98 Å². The van der Waals surface area contributed by atoms with Crippen LogP contribution < -0.4 is 5.32 Å². The Balaban J connectivity index is 1.21. The molecule has 0 radical (unpaired) electrons. The third kappa shape index (κ3) is 3.28. The Kier molecular flexibility index (Phi) is 4.32. The summed E-state index contributed by atoms with van der Waals surface area (Å²) in [7, 11) is 0. The minimum absolute atomic E-state index is 0.789. The number of thiazole rings is 1. The zero-order valence-electron chi connectivity index (χ0n) is 16.9. The van der Waals surface area contributed by atoms with Crippen molar-refractivity contribution in [1.82, 2.24) is 25.1 Å². The van der Waals surface area contributed by atoms with Gasteiger partial charge in [0.25, 0.3) is 0 Å². The van der Waals surface area contributed by atoms with Crippen molar-refractivity contribution >= 4 is 32.5 Å². The number of nitrogens with one attached hydrogen (secondary N) is 2. The summed E-state index contributed by atoms with van der Waals surface area (Å²) in [6, 6.07) is 11.4. The van der Waals surface area contributed by atoms with Gasteiger partial charge in [0.15, 0.2) is 5.13 Å². The maximum Gasteiger partial charge on any atom is 0.189 e. The lowest BCUT2D eigenvalue weighted by Crippen LogP contribution is -2.31. The highest BCUT2D eigenvalue weighted by Crippen LogP contribution is 2.38. The first kappa shape index (κ1) is 18.0. The van der Waals surface area contributed by atoms with Crippen LogP contribution in [0.1, 0.15) is 30.5 Å². The van der Waals surface area contributed by atoms with Crippen LogP contribution in [0.4, 0.5) is 10.9 Å². The van der Waals surface area contributed by atoms with E-state index in [9.17, 15) is 0 Å². The van der Waals surface area contributed by atoms with Crippen molar-refractivity contribution in [2.45, 2.75) is 38.8 Å². The van der Waals surface area contributed by atoms with Gasteiger partial charge < -0.3 is 5.32 Å². The van der Waals surface area contributed by atoms with Gasteiger partial charge in [-0.2, -0.15) is 5.10 Å². The van der Waals surface area contributed by atoms with E-state index in [1.54, 1.807) is 11.3 Å². The van der Waals surface area contributed by atoms with Crippen LogP contribution in [0.3, 0.4) is 0 Å². The molecule has 1 aliphatic heterocycles. The van der Waals surface area contributed by atoms with Gasteiger partial charge in [-0.15, -0.1) is 0 Å². The van der Waals surface area contributed by atoms with E-state index < -0.39 is 0 Å². The molecule has 30 heavy (non-hydrogen) atoms. The van der Waals surface area contributed by atoms with Crippen LogP contribution in [-0.2, 0) is 6.54 Å². The number of aryl methyl sites for hydroxylation is 1. The van der Waals surface area contributed by atoms with Crippen molar-refractivity contribution < 1.29 is 0 Å². The number of benzene rings is 1. The molecule has 4 heterocycles. The van der Waals surface area contributed by atoms with Crippen LogP contribution in [-0.4, -0.2) is 37.7 Å². The van der Waals surface area contributed by atoms with Crippen molar-refractivity contribution in [2.75, 3.05) is 11.9 Å². The number of rotatable bonds is 5. The predicted octanol–water partition coefficient (Wildman–Crippen LogP) is 5.12. The summed E-state index contributed by atoms with van der Waals surface area (Å²) in [4.78, 5) is 11.9. The van der Waals surface area contributed by atoms with E-state index in [-0.39, 0.29) is 0 Å². The molecular formula is C23H24N6S. The molecular weight excluding hydrogens is 392 g/mol. The lowest BCUT2D eigenvalue weighted by atomic mass is 10.1. The van der Waals surface area contributed by atoms with Gasteiger partial charge in [-0.3, -0.25) is 10.00 Å². The highest BCUT2D eigenvalue weighted by Gasteiger charge is 2.37. The van der Waals surface area contributed by atoms with Crippen LogP contribution in [0.15, 0.2) is 42.7 Å². The molecule has 1 saturated carbocycles. The number of hydrogen-bond acceptors (Lipinski definition) is 6. The van der Waals surface area contributed by atoms with E-state index in [2.05, 4.69) is 55.7 Å². The molecule has 3 aromatic heterocycles. The molecule has 2 fully saturated rings.